The van der Waals surface area contributed by atoms with Gasteiger partial charge >= 0.3 is 6.18 Å². The molecule has 2 nitrogen and oxygen atoms in total. The minimum Gasteiger partial charge on any atom is -0.306 e. The maximum absolute atomic E-state index is 12.2. The van der Waals surface area contributed by atoms with Gasteiger partial charge in [-0.1, -0.05) is 0 Å². The molecule has 0 amide bonds. The van der Waals surface area contributed by atoms with Crippen LogP contribution in [0.2, 0.25) is 0 Å². The molecule has 1 N–H and O–H groups in total. The summed E-state index contributed by atoms with van der Waals surface area (Å²) in [4.78, 5) is 10.2. The van der Waals surface area contributed by atoms with Gasteiger partial charge in [0.1, 0.15) is 11.5 Å². The van der Waals surface area contributed by atoms with Gasteiger partial charge in [0.15, 0.2) is 0 Å². The van der Waals surface area contributed by atoms with Crippen molar-refractivity contribution >= 4 is 18.0 Å². The second-order valence-corrected chi connectivity index (χ2v) is 3.70. The van der Waals surface area contributed by atoms with Gasteiger partial charge in [-0.3, -0.25) is 0 Å². The predicted octanol–water partition coefficient (Wildman–Crippen LogP) is 0.821. The molecule has 12 heavy (non-hydrogen) atoms. The normalized spacial score (nSPS) is 31.6. The fraction of sp³-hybridized carbons (Fsp3) is 0.833. The second-order valence-electron chi connectivity index (χ2n) is 2.45. The van der Waals surface area contributed by atoms with E-state index in [0.717, 1.165) is 11.8 Å². The number of thioether (sulfide) groups is 1. The van der Waals surface area contributed by atoms with E-state index in [4.69, 9.17) is 0 Å². The molecule has 0 aromatic heterocycles. The van der Waals surface area contributed by atoms with Crippen molar-refractivity contribution in [3.8, 4) is 0 Å². The molecule has 0 saturated carbocycles. The van der Waals surface area contributed by atoms with Crippen LogP contribution >= 0.6 is 11.8 Å². The summed E-state index contributed by atoms with van der Waals surface area (Å²) in [5.74, 6) is 0.397. The molecule has 0 aromatic carbocycles. The van der Waals surface area contributed by atoms with Crippen LogP contribution in [0.1, 0.15) is 0 Å². The van der Waals surface area contributed by atoms with Gasteiger partial charge in [0.2, 0.25) is 0 Å². The summed E-state index contributed by atoms with van der Waals surface area (Å²) >= 11 is 0.784. The fourth-order valence-electron chi connectivity index (χ4n) is 1.04. The van der Waals surface area contributed by atoms with Crippen LogP contribution in [0.25, 0.3) is 0 Å². The highest BCUT2D eigenvalue weighted by atomic mass is 32.2. The first kappa shape index (κ1) is 9.85. The molecule has 1 saturated heterocycles. The molecular weight excluding hydrogens is 191 g/mol. The third kappa shape index (κ3) is 2.13. The van der Waals surface area contributed by atoms with Crippen molar-refractivity contribution in [3.63, 3.8) is 0 Å². The minimum absolute atomic E-state index is 0.324. The van der Waals surface area contributed by atoms with E-state index >= 15 is 0 Å². The van der Waals surface area contributed by atoms with E-state index in [-0.39, 0.29) is 0 Å². The van der Waals surface area contributed by atoms with Crippen LogP contribution < -0.4 is 5.32 Å². The molecule has 0 spiro atoms. The highest BCUT2D eigenvalue weighted by Crippen LogP contribution is 2.33. The third-order valence-corrected chi connectivity index (χ3v) is 2.93. The molecular formula is C6H8F3NOS. The predicted molar refractivity (Wildman–Crippen MR) is 40.2 cm³/mol. The van der Waals surface area contributed by atoms with Crippen molar-refractivity contribution in [2.75, 3.05) is 12.3 Å². The SMILES string of the molecule is O=CC1NCCSC1C(F)(F)F. The monoisotopic (exact) mass is 199 g/mol. The van der Waals surface area contributed by atoms with Gasteiger partial charge < -0.3 is 10.1 Å². The zero-order valence-corrected chi connectivity index (χ0v) is 6.91. The van der Waals surface area contributed by atoms with Crippen LogP contribution in [-0.2, 0) is 4.79 Å². The Bertz CT molecular complexity index is 173. The smallest absolute Gasteiger partial charge is 0.306 e. The van der Waals surface area contributed by atoms with Gasteiger partial charge in [-0.05, 0) is 0 Å². The maximum atomic E-state index is 12.2. The molecule has 2 atom stereocenters. The standard InChI is InChI=1S/C6H8F3NOS/c7-6(8,9)5-4(3-11)10-1-2-12-5/h3-5,10H,1-2H2. The van der Waals surface area contributed by atoms with E-state index in [1.165, 1.54) is 0 Å². The van der Waals surface area contributed by atoms with Crippen LogP contribution in [0, 0.1) is 0 Å². The zero-order chi connectivity index (χ0) is 9.19. The Labute approximate surface area is 71.9 Å². The molecule has 1 rings (SSSR count). The molecule has 2 unspecified atom stereocenters. The van der Waals surface area contributed by atoms with Crippen LogP contribution in [0.15, 0.2) is 0 Å². The topological polar surface area (TPSA) is 29.1 Å². The lowest BCUT2D eigenvalue weighted by Crippen LogP contribution is -2.51. The number of halogens is 3. The lowest BCUT2D eigenvalue weighted by molar-refractivity contribution is -0.139. The van der Waals surface area contributed by atoms with Crippen LogP contribution in [0.4, 0.5) is 13.2 Å². The highest BCUT2D eigenvalue weighted by Gasteiger charge is 2.46. The van der Waals surface area contributed by atoms with E-state index in [9.17, 15) is 18.0 Å². The molecule has 0 aliphatic carbocycles. The number of rotatable bonds is 1. The van der Waals surface area contributed by atoms with E-state index in [1.807, 2.05) is 0 Å². The summed E-state index contributed by atoms with van der Waals surface area (Å²) in [5, 5.41) is 0.937. The van der Waals surface area contributed by atoms with Crippen molar-refractivity contribution in [2.24, 2.45) is 0 Å². The molecule has 1 heterocycles. The number of aldehydes is 1. The highest BCUT2D eigenvalue weighted by molar-refractivity contribution is 8.00. The largest absolute Gasteiger partial charge is 0.402 e. The van der Waals surface area contributed by atoms with Crippen LogP contribution in [-0.4, -0.2) is 36.1 Å². The lowest BCUT2D eigenvalue weighted by Gasteiger charge is -2.29. The fourth-order valence-corrected chi connectivity index (χ4v) is 2.09. The molecule has 0 bridgehead atoms. The van der Waals surface area contributed by atoms with Crippen molar-refractivity contribution in [2.45, 2.75) is 17.5 Å². The molecule has 0 aromatic rings. The molecule has 6 heteroatoms. The van der Waals surface area contributed by atoms with E-state index in [1.54, 1.807) is 0 Å². The van der Waals surface area contributed by atoms with E-state index in [0.29, 0.717) is 18.6 Å². The molecule has 1 aliphatic heterocycles. The Morgan fingerprint density at radius 2 is 2.17 bits per heavy atom. The summed E-state index contributed by atoms with van der Waals surface area (Å²) < 4.78 is 36.5. The van der Waals surface area contributed by atoms with E-state index in [2.05, 4.69) is 5.32 Å². The summed E-state index contributed by atoms with van der Waals surface area (Å²) in [6, 6.07) is -1.08. The first-order valence-electron chi connectivity index (χ1n) is 3.42. The molecule has 1 fully saturated rings. The van der Waals surface area contributed by atoms with Crippen molar-refractivity contribution < 1.29 is 18.0 Å². The van der Waals surface area contributed by atoms with Gasteiger partial charge in [-0.15, -0.1) is 11.8 Å². The third-order valence-electron chi connectivity index (χ3n) is 1.57. The van der Waals surface area contributed by atoms with Gasteiger partial charge in [-0.25, -0.2) is 0 Å². The zero-order valence-electron chi connectivity index (χ0n) is 6.10. The van der Waals surface area contributed by atoms with E-state index < -0.39 is 17.5 Å². The molecule has 70 valence electrons. The molecule has 1 aliphatic rings. The van der Waals surface area contributed by atoms with Crippen molar-refractivity contribution in [1.29, 1.82) is 0 Å². The van der Waals surface area contributed by atoms with Crippen LogP contribution in [0.5, 0.6) is 0 Å². The summed E-state index contributed by atoms with van der Waals surface area (Å²) in [5.41, 5.74) is 0. The van der Waals surface area contributed by atoms with Crippen molar-refractivity contribution in [1.82, 2.24) is 5.32 Å². The van der Waals surface area contributed by atoms with Crippen LogP contribution in [0.3, 0.4) is 0 Å². The lowest BCUT2D eigenvalue weighted by atomic mass is 10.2. The number of hydrogen-bond acceptors (Lipinski definition) is 3. The molecule has 0 radical (unpaired) electrons. The Balaban J connectivity index is 2.65. The Hall–Kier alpha value is -0.230. The summed E-state index contributed by atoms with van der Waals surface area (Å²) in [7, 11) is 0. The maximum Gasteiger partial charge on any atom is 0.402 e. The Kier molecular flexibility index (Phi) is 3.00. The number of carbonyl (C=O) groups is 1. The first-order valence-corrected chi connectivity index (χ1v) is 4.47. The number of carbonyl (C=O) groups excluding carboxylic acids is 1. The van der Waals surface area contributed by atoms with Gasteiger partial charge in [0, 0.05) is 12.3 Å². The number of hydrogen-bond donors (Lipinski definition) is 1. The van der Waals surface area contributed by atoms with Gasteiger partial charge in [0.25, 0.3) is 0 Å². The summed E-state index contributed by atoms with van der Waals surface area (Å²) in [6.07, 6.45) is -3.96. The number of alkyl halides is 3. The minimum atomic E-state index is -4.29. The average molecular weight is 199 g/mol. The van der Waals surface area contributed by atoms with Gasteiger partial charge in [-0.2, -0.15) is 13.2 Å². The first-order chi connectivity index (χ1) is 5.55. The second kappa shape index (κ2) is 3.66. The number of nitrogens with one attached hydrogen (secondary N) is 1. The van der Waals surface area contributed by atoms with Gasteiger partial charge in [0.05, 0.1) is 6.04 Å². The average Bonchev–Trinajstić information content (AvgIpc) is 2.03. The Morgan fingerprint density at radius 3 is 2.58 bits per heavy atom. The quantitative estimate of drug-likeness (QED) is 0.634. The van der Waals surface area contributed by atoms with Crippen molar-refractivity contribution in [3.05, 3.63) is 0 Å². The Morgan fingerprint density at radius 1 is 1.50 bits per heavy atom. The summed E-state index contributed by atoms with van der Waals surface area (Å²) in [6.45, 7) is 0.459.